The lowest BCUT2D eigenvalue weighted by Gasteiger charge is -2.25. The largest absolute Gasteiger partial charge is 0.493 e. The Morgan fingerprint density at radius 1 is 1.00 bits per heavy atom. The molecule has 2 aromatic rings. The number of rotatable bonds is 7. The van der Waals surface area contributed by atoms with Crippen LogP contribution in [0.25, 0.3) is 0 Å². The summed E-state index contributed by atoms with van der Waals surface area (Å²) < 4.78 is 15.7. The van der Waals surface area contributed by atoms with Gasteiger partial charge in [-0.25, -0.2) is 4.79 Å². The molecule has 0 fully saturated rings. The highest BCUT2D eigenvalue weighted by atomic mass is 16.5. The quantitative estimate of drug-likeness (QED) is 0.765. The van der Waals surface area contributed by atoms with Gasteiger partial charge in [0.1, 0.15) is 6.61 Å². The average molecular weight is 358 g/mol. The first kappa shape index (κ1) is 19.2. The Bertz CT molecular complexity index is 775. The summed E-state index contributed by atoms with van der Waals surface area (Å²) in [6.45, 7) is 3.55. The maximum atomic E-state index is 12.3. The van der Waals surface area contributed by atoms with E-state index >= 15 is 0 Å². The first-order valence-electron chi connectivity index (χ1n) is 7.98. The molecule has 0 unspecified atom stereocenters. The van der Waals surface area contributed by atoms with Crippen molar-refractivity contribution in [3.05, 3.63) is 53.9 Å². The number of nitrogens with zero attached hydrogens (tertiary/aromatic N) is 1. The molecule has 1 N–H and O–H groups in total. The van der Waals surface area contributed by atoms with Crippen molar-refractivity contribution in [2.45, 2.75) is 19.4 Å². The van der Waals surface area contributed by atoms with Gasteiger partial charge in [-0.2, -0.15) is 0 Å². The molecular weight excluding hydrogens is 336 g/mol. The number of hydrogen-bond acceptors (Lipinski definition) is 6. The first-order chi connectivity index (χ1) is 12.4. The van der Waals surface area contributed by atoms with Crippen LogP contribution in [0.4, 0.5) is 0 Å². The molecular formula is C19H22N2O5. The summed E-state index contributed by atoms with van der Waals surface area (Å²) in [5.41, 5.74) is 0.0743. The van der Waals surface area contributed by atoms with E-state index < -0.39 is 11.5 Å². The van der Waals surface area contributed by atoms with E-state index in [9.17, 15) is 9.59 Å². The molecule has 0 aliphatic rings. The summed E-state index contributed by atoms with van der Waals surface area (Å²) in [7, 11) is 3.01. The van der Waals surface area contributed by atoms with E-state index in [0.29, 0.717) is 22.6 Å². The summed E-state index contributed by atoms with van der Waals surface area (Å²) in [6.07, 6.45) is 3.08. The fourth-order valence-corrected chi connectivity index (χ4v) is 2.21. The van der Waals surface area contributed by atoms with Crippen molar-refractivity contribution in [1.82, 2.24) is 10.3 Å². The lowest BCUT2D eigenvalue weighted by Crippen LogP contribution is -2.47. The van der Waals surface area contributed by atoms with Gasteiger partial charge in [0.2, 0.25) is 0 Å². The van der Waals surface area contributed by atoms with Crippen LogP contribution in [0, 0.1) is 0 Å². The van der Waals surface area contributed by atoms with Crippen molar-refractivity contribution in [3.8, 4) is 11.5 Å². The zero-order valence-electron chi connectivity index (χ0n) is 15.2. The van der Waals surface area contributed by atoms with E-state index in [1.807, 2.05) is 0 Å². The molecule has 0 saturated carbocycles. The zero-order chi connectivity index (χ0) is 19.2. The normalized spacial score (nSPS) is 10.8. The Balaban J connectivity index is 1.98. The smallest absolute Gasteiger partial charge is 0.338 e. The van der Waals surface area contributed by atoms with Crippen LogP contribution in [-0.4, -0.2) is 43.2 Å². The number of esters is 1. The van der Waals surface area contributed by atoms with Gasteiger partial charge in [-0.05, 0) is 44.2 Å². The summed E-state index contributed by atoms with van der Waals surface area (Å²) >= 11 is 0. The Hall–Kier alpha value is -3.09. The third-order valence-corrected chi connectivity index (χ3v) is 3.58. The lowest BCUT2D eigenvalue weighted by molar-refractivity contribution is 0.0389. The molecule has 0 atom stereocenters. The minimum atomic E-state index is -0.743. The number of hydrogen-bond donors (Lipinski definition) is 1. The van der Waals surface area contributed by atoms with Crippen LogP contribution in [0.3, 0.4) is 0 Å². The molecule has 1 aromatic carbocycles. The number of amides is 1. The predicted molar refractivity (Wildman–Crippen MR) is 95.6 cm³/mol. The average Bonchev–Trinajstić information content (AvgIpc) is 2.65. The minimum absolute atomic E-state index is 0.0109. The van der Waals surface area contributed by atoms with Gasteiger partial charge in [0.15, 0.2) is 11.5 Å². The van der Waals surface area contributed by atoms with Gasteiger partial charge in [-0.1, -0.05) is 0 Å². The monoisotopic (exact) mass is 358 g/mol. The molecule has 0 aliphatic carbocycles. The fraction of sp³-hybridized carbons (Fsp3) is 0.316. The van der Waals surface area contributed by atoms with Gasteiger partial charge < -0.3 is 19.5 Å². The van der Waals surface area contributed by atoms with Crippen molar-refractivity contribution in [1.29, 1.82) is 0 Å². The Kier molecular flexibility index (Phi) is 6.16. The van der Waals surface area contributed by atoms with Crippen molar-refractivity contribution >= 4 is 11.9 Å². The molecule has 0 radical (unpaired) electrons. The molecule has 0 spiro atoms. The molecule has 0 bridgehead atoms. The number of methoxy groups -OCH3 is 2. The Labute approximate surface area is 152 Å². The van der Waals surface area contributed by atoms with Gasteiger partial charge in [0.05, 0.1) is 25.3 Å². The van der Waals surface area contributed by atoms with Crippen molar-refractivity contribution in [2.75, 3.05) is 20.8 Å². The van der Waals surface area contributed by atoms with Crippen LogP contribution in [0.2, 0.25) is 0 Å². The molecule has 1 aromatic heterocycles. The van der Waals surface area contributed by atoms with Gasteiger partial charge in [0.25, 0.3) is 5.91 Å². The lowest BCUT2D eigenvalue weighted by atomic mass is 10.1. The second kappa shape index (κ2) is 8.33. The molecule has 7 heteroatoms. The SMILES string of the molecule is COc1ccc(C(=O)OCC(C)(C)NC(=O)c2ccncc2)cc1OC. The maximum absolute atomic E-state index is 12.3. The van der Waals surface area contributed by atoms with Crippen molar-refractivity contribution in [3.63, 3.8) is 0 Å². The summed E-state index contributed by atoms with van der Waals surface area (Å²) in [5, 5.41) is 2.83. The number of pyridine rings is 1. The number of carbonyl (C=O) groups excluding carboxylic acids is 2. The maximum Gasteiger partial charge on any atom is 0.338 e. The Morgan fingerprint density at radius 3 is 2.27 bits per heavy atom. The van der Waals surface area contributed by atoms with Gasteiger partial charge in [-0.3, -0.25) is 9.78 Å². The highest BCUT2D eigenvalue weighted by Gasteiger charge is 2.24. The summed E-state index contributed by atoms with van der Waals surface area (Å²) in [5.74, 6) is 0.179. The molecule has 0 aliphatic heterocycles. The highest BCUT2D eigenvalue weighted by molar-refractivity contribution is 5.94. The van der Waals surface area contributed by atoms with Gasteiger partial charge in [0, 0.05) is 18.0 Å². The number of aromatic nitrogens is 1. The van der Waals surface area contributed by atoms with E-state index in [0.717, 1.165) is 0 Å². The third-order valence-electron chi connectivity index (χ3n) is 3.58. The van der Waals surface area contributed by atoms with Crippen LogP contribution in [-0.2, 0) is 4.74 Å². The molecule has 7 nitrogen and oxygen atoms in total. The van der Waals surface area contributed by atoms with Crippen molar-refractivity contribution in [2.24, 2.45) is 0 Å². The van der Waals surface area contributed by atoms with Crippen LogP contribution < -0.4 is 14.8 Å². The van der Waals surface area contributed by atoms with Crippen LogP contribution >= 0.6 is 0 Å². The summed E-state index contributed by atoms with van der Waals surface area (Å²) in [6, 6.07) is 7.99. The molecule has 1 heterocycles. The standard InChI is InChI=1S/C19H22N2O5/c1-19(2,21-17(22)13-7-9-20-10-8-13)12-26-18(23)14-5-6-15(24-3)16(11-14)25-4/h5-11H,12H2,1-4H3,(H,21,22). The number of benzene rings is 1. The highest BCUT2D eigenvalue weighted by Crippen LogP contribution is 2.27. The van der Waals surface area contributed by atoms with Gasteiger partial charge in [-0.15, -0.1) is 0 Å². The van der Waals surface area contributed by atoms with Crippen LogP contribution in [0.15, 0.2) is 42.7 Å². The number of carbonyl (C=O) groups is 2. The Morgan fingerprint density at radius 2 is 1.65 bits per heavy atom. The van der Waals surface area contributed by atoms with E-state index in [1.165, 1.54) is 14.2 Å². The fourth-order valence-electron chi connectivity index (χ4n) is 2.21. The molecule has 26 heavy (non-hydrogen) atoms. The van der Waals surface area contributed by atoms with E-state index in [4.69, 9.17) is 14.2 Å². The van der Waals surface area contributed by atoms with Crippen LogP contribution in [0.1, 0.15) is 34.6 Å². The summed E-state index contributed by atoms with van der Waals surface area (Å²) in [4.78, 5) is 28.4. The molecule has 1 amide bonds. The van der Waals surface area contributed by atoms with Gasteiger partial charge >= 0.3 is 5.97 Å². The topological polar surface area (TPSA) is 86.8 Å². The van der Waals surface area contributed by atoms with E-state index in [1.54, 1.807) is 56.6 Å². The number of ether oxygens (including phenoxy) is 3. The molecule has 2 rings (SSSR count). The molecule has 138 valence electrons. The predicted octanol–water partition coefficient (Wildman–Crippen LogP) is 2.46. The van der Waals surface area contributed by atoms with E-state index in [2.05, 4.69) is 10.3 Å². The number of nitrogens with one attached hydrogen (secondary N) is 1. The minimum Gasteiger partial charge on any atom is -0.493 e. The molecule has 0 saturated heterocycles. The van der Waals surface area contributed by atoms with E-state index in [-0.39, 0.29) is 12.5 Å². The second-order valence-electron chi connectivity index (χ2n) is 6.22. The second-order valence-corrected chi connectivity index (χ2v) is 6.22. The third kappa shape index (κ3) is 4.95. The van der Waals surface area contributed by atoms with Crippen molar-refractivity contribution < 1.29 is 23.8 Å². The zero-order valence-corrected chi connectivity index (χ0v) is 15.2. The van der Waals surface area contributed by atoms with Crippen LogP contribution in [0.5, 0.6) is 11.5 Å². The first-order valence-corrected chi connectivity index (χ1v) is 7.98.